The van der Waals surface area contributed by atoms with Crippen LogP contribution in [0.15, 0.2) is 30.5 Å². The minimum Gasteiger partial charge on any atom is -0.496 e. The molecule has 0 amide bonds. The predicted octanol–water partition coefficient (Wildman–Crippen LogP) is 2.85. The Balaban J connectivity index is 2.77. The second-order valence-electron chi connectivity index (χ2n) is 2.67. The van der Waals surface area contributed by atoms with E-state index in [1.807, 2.05) is 24.3 Å². The van der Waals surface area contributed by atoms with Gasteiger partial charge in [0.25, 0.3) is 0 Å². The second-order valence-corrected chi connectivity index (χ2v) is 3.92. The molecule has 1 aromatic heterocycles. The van der Waals surface area contributed by atoms with Crippen molar-refractivity contribution in [3.63, 3.8) is 0 Å². The van der Waals surface area contributed by atoms with Crippen molar-refractivity contribution in [2.45, 2.75) is 0 Å². The second kappa shape index (κ2) is 3.49. The van der Waals surface area contributed by atoms with Gasteiger partial charge in [0.2, 0.25) is 0 Å². The van der Waals surface area contributed by atoms with Crippen LogP contribution >= 0.6 is 22.6 Å². The van der Waals surface area contributed by atoms with E-state index in [0.717, 1.165) is 16.7 Å². The molecule has 0 radical (unpaired) electrons. The first-order valence-electron chi connectivity index (χ1n) is 3.89. The number of hydrogen-bond acceptors (Lipinski definition) is 2. The van der Waals surface area contributed by atoms with Crippen molar-refractivity contribution in [2.75, 3.05) is 7.11 Å². The van der Waals surface area contributed by atoms with Crippen molar-refractivity contribution in [1.29, 1.82) is 0 Å². The van der Waals surface area contributed by atoms with Gasteiger partial charge in [-0.2, -0.15) is 0 Å². The summed E-state index contributed by atoms with van der Waals surface area (Å²) in [6, 6.07) is 7.99. The van der Waals surface area contributed by atoms with Crippen LogP contribution in [0.25, 0.3) is 10.9 Å². The molecule has 66 valence electrons. The summed E-state index contributed by atoms with van der Waals surface area (Å²) >= 11 is 2.27. The van der Waals surface area contributed by atoms with Gasteiger partial charge in [0.1, 0.15) is 5.75 Å². The molecule has 0 bridgehead atoms. The van der Waals surface area contributed by atoms with Gasteiger partial charge in [-0.05, 0) is 46.9 Å². The van der Waals surface area contributed by atoms with Crippen LogP contribution in [0.3, 0.4) is 0 Å². The molecule has 3 heteroatoms. The number of nitrogens with zero attached hydrogens (tertiary/aromatic N) is 1. The molecule has 2 aromatic rings. The number of rotatable bonds is 1. The van der Waals surface area contributed by atoms with Crippen molar-refractivity contribution in [3.8, 4) is 5.75 Å². The standard InChI is InChI=1S/C10H8INO/c1-13-10-4-5-12-9-6-7(11)2-3-8(9)10/h2-6H,1H3. The number of aromatic nitrogens is 1. The molecule has 1 heterocycles. The van der Waals surface area contributed by atoms with E-state index in [4.69, 9.17) is 4.74 Å². The van der Waals surface area contributed by atoms with Crippen LogP contribution in [0.5, 0.6) is 5.75 Å². The number of pyridine rings is 1. The number of benzene rings is 1. The molecule has 0 saturated carbocycles. The third kappa shape index (κ3) is 1.60. The normalized spacial score (nSPS) is 10.3. The molecule has 0 spiro atoms. The highest BCUT2D eigenvalue weighted by atomic mass is 127. The molecule has 2 rings (SSSR count). The van der Waals surface area contributed by atoms with Crippen LogP contribution < -0.4 is 4.74 Å². The van der Waals surface area contributed by atoms with Crippen molar-refractivity contribution >= 4 is 33.5 Å². The highest BCUT2D eigenvalue weighted by Crippen LogP contribution is 2.24. The molecule has 0 N–H and O–H groups in total. The fraction of sp³-hybridized carbons (Fsp3) is 0.100. The van der Waals surface area contributed by atoms with Gasteiger partial charge in [-0.15, -0.1) is 0 Å². The summed E-state index contributed by atoms with van der Waals surface area (Å²) in [5.41, 5.74) is 0.978. The minimum absolute atomic E-state index is 0.876. The summed E-state index contributed by atoms with van der Waals surface area (Å²) < 4.78 is 6.41. The predicted molar refractivity (Wildman–Crippen MR) is 61.0 cm³/mol. The maximum absolute atomic E-state index is 5.22. The molecular weight excluding hydrogens is 277 g/mol. The Morgan fingerprint density at radius 3 is 2.92 bits per heavy atom. The Morgan fingerprint density at radius 1 is 1.31 bits per heavy atom. The van der Waals surface area contributed by atoms with Crippen molar-refractivity contribution in [3.05, 3.63) is 34.0 Å². The average Bonchev–Trinajstić information content (AvgIpc) is 2.16. The molecule has 0 unspecified atom stereocenters. The Labute approximate surface area is 90.1 Å². The first-order chi connectivity index (χ1) is 6.31. The molecule has 0 aliphatic rings. The molecule has 0 aliphatic heterocycles. The first-order valence-corrected chi connectivity index (χ1v) is 4.97. The fourth-order valence-corrected chi connectivity index (χ4v) is 1.75. The average molecular weight is 285 g/mol. The number of fused-ring (bicyclic) bond motifs is 1. The zero-order valence-corrected chi connectivity index (χ0v) is 9.28. The molecule has 13 heavy (non-hydrogen) atoms. The van der Waals surface area contributed by atoms with Crippen molar-refractivity contribution in [1.82, 2.24) is 4.98 Å². The summed E-state index contributed by atoms with van der Waals surface area (Å²) in [6.45, 7) is 0. The lowest BCUT2D eigenvalue weighted by Gasteiger charge is -2.03. The van der Waals surface area contributed by atoms with Gasteiger partial charge in [-0.25, -0.2) is 0 Å². The summed E-state index contributed by atoms with van der Waals surface area (Å²) in [6.07, 6.45) is 1.76. The zero-order valence-electron chi connectivity index (χ0n) is 7.12. The first kappa shape index (κ1) is 8.74. The van der Waals surface area contributed by atoms with Crippen LogP contribution in [-0.4, -0.2) is 12.1 Å². The molecule has 2 nitrogen and oxygen atoms in total. The van der Waals surface area contributed by atoms with Crippen LogP contribution in [0.2, 0.25) is 0 Å². The topological polar surface area (TPSA) is 22.1 Å². The van der Waals surface area contributed by atoms with Gasteiger partial charge in [0.15, 0.2) is 0 Å². The lowest BCUT2D eigenvalue weighted by atomic mass is 10.2. The van der Waals surface area contributed by atoms with Gasteiger partial charge in [0, 0.05) is 15.2 Å². The maximum atomic E-state index is 5.22. The Bertz CT molecular complexity index is 442. The third-order valence-electron chi connectivity index (χ3n) is 1.88. The maximum Gasteiger partial charge on any atom is 0.129 e. The largest absolute Gasteiger partial charge is 0.496 e. The quantitative estimate of drug-likeness (QED) is 0.752. The number of halogens is 1. The van der Waals surface area contributed by atoms with E-state index in [2.05, 4.69) is 27.6 Å². The Kier molecular flexibility index (Phi) is 2.35. The van der Waals surface area contributed by atoms with E-state index in [9.17, 15) is 0 Å². The third-order valence-corrected chi connectivity index (χ3v) is 2.56. The molecular formula is C10H8INO. The SMILES string of the molecule is COc1ccnc2cc(I)ccc12. The highest BCUT2D eigenvalue weighted by Gasteiger charge is 2.00. The smallest absolute Gasteiger partial charge is 0.129 e. The van der Waals surface area contributed by atoms with Gasteiger partial charge >= 0.3 is 0 Å². The molecule has 0 aliphatic carbocycles. The lowest BCUT2D eigenvalue weighted by molar-refractivity contribution is 0.419. The summed E-state index contributed by atoms with van der Waals surface area (Å²) in [7, 11) is 1.67. The van der Waals surface area contributed by atoms with Gasteiger partial charge in [-0.1, -0.05) is 0 Å². The van der Waals surface area contributed by atoms with Crippen molar-refractivity contribution < 1.29 is 4.74 Å². The van der Waals surface area contributed by atoms with Crippen LogP contribution in [0.4, 0.5) is 0 Å². The highest BCUT2D eigenvalue weighted by molar-refractivity contribution is 14.1. The molecule has 1 aromatic carbocycles. The lowest BCUT2D eigenvalue weighted by Crippen LogP contribution is -1.86. The van der Waals surface area contributed by atoms with Crippen LogP contribution in [-0.2, 0) is 0 Å². The molecule has 0 atom stereocenters. The van der Waals surface area contributed by atoms with E-state index in [1.54, 1.807) is 13.3 Å². The fourth-order valence-electron chi connectivity index (χ4n) is 1.27. The van der Waals surface area contributed by atoms with Gasteiger partial charge < -0.3 is 4.74 Å². The van der Waals surface area contributed by atoms with E-state index < -0.39 is 0 Å². The molecule has 0 fully saturated rings. The van der Waals surface area contributed by atoms with E-state index in [-0.39, 0.29) is 0 Å². The Hall–Kier alpha value is -0.840. The number of methoxy groups -OCH3 is 1. The van der Waals surface area contributed by atoms with E-state index in [0.29, 0.717) is 0 Å². The zero-order chi connectivity index (χ0) is 9.26. The number of hydrogen-bond donors (Lipinski definition) is 0. The number of ether oxygens (including phenoxy) is 1. The van der Waals surface area contributed by atoms with Crippen LogP contribution in [0.1, 0.15) is 0 Å². The summed E-state index contributed by atoms with van der Waals surface area (Å²) in [5, 5.41) is 1.06. The van der Waals surface area contributed by atoms with E-state index >= 15 is 0 Å². The minimum atomic E-state index is 0.876. The van der Waals surface area contributed by atoms with Crippen molar-refractivity contribution in [2.24, 2.45) is 0 Å². The summed E-state index contributed by atoms with van der Waals surface area (Å²) in [4.78, 5) is 4.27. The van der Waals surface area contributed by atoms with E-state index in [1.165, 1.54) is 3.57 Å². The van der Waals surface area contributed by atoms with Crippen LogP contribution in [0, 0.1) is 3.57 Å². The van der Waals surface area contributed by atoms with Gasteiger partial charge in [-0.3, -0.25) is 4.98 Å². The monoisotopic (exact) mass is 285 g/mol. The molecule has 0 saturated heterocycles. The summed E-state index contributed by atoms with van der Waals surface area (Å²) in [5.74, 6) is 0.876. The Morgan fingerprint density at radius 2 is 2.15 bits per heavy atom. The van der Waals surface area contributed by atoms with Gasteiger partial charge in [0.05, 0.1) is 12.6 Å².